The summed E-state index contributed by atoms with van der Waals surface area (Å²) in [6, 6.07) is 13.1. The molecule has 0 heterocycles. The molecule has 2 aromatic carbocycles. The molecule has 0 aromatic heterocycles. The van der Waals surface area contributed by atoms with Crippen molar-refractivity contribution in [3.8, 4) is 6.07 Å². The number of benzene rings is 2. The molecule has 0 saturated heterocycles. The van der Waals surface area contributed by atoms with Crippen molar-refractivity contribution in [2.45, 2.75) is 18.9 Å². The lowest BCUT2D eigenvalue weighted by Crippen LogP contribution is -2.29. The molecular weight excluding hydrogens is 286 g/mol. The van der Waals surface area contributed by atoms with Gasteiger partial charge in [-0.3, -0.25) is 4.79 Å². The van der Waals surface area contributed by atoms with E-state index in [0.29, 0.717) is 17.5 Å². The van der Waals surface area contributed by atoms with Gasteiger partial charge in [-0.1, -0.05) is 24.3 Å². The number of nitriles is 1. The molecule has 0 unspecified atom stereocenters. The van der Waals surface area contributed by atoms with Gasteiger partial charge in [0.2, 0.25) is 5.91 Å². The number of hydrogen-bond donors (Lipinski definition) is 1. The molecule has 2 aromatic rings. The van der Waals surface area contributed by atoms with Crippen molar-refractivity contribution >= 4 is 5.91 Å². The second-order valence-corrected chi connectivity index (χ2v) is 4.84. The fraction of sp³-hybridized carbons (Fsp3) is 0.176. The lowest BCUT2D eigenvalue weighted by molar-refractivity contribution is -0.120. The van der Waals surface area contributed by atoms with Gasteiger partial charge in [0.05, 0.1) is 12.1 Å². The van der Waals surface area contributed by atoms with Crippen molar-refractivity contribution in [1.82, 2.24) is 5.32 Å². The summed E-state index contributed by atoms with van der Waals surface area (Å²) in [6.07, 6.45) is 0.0212. The second kappa shape index (κ2) is 7.32. The fourth-order valence-electron chi connectivity index (χ4n) is 2.19. The maximum Gasteiger partial charge on any atom is 0.234 e. The molecule has 1 N–H and O–H groups in total. The molecule has 0 aliphatic carbocycles. The summed E-state index contributed by atoms with van der Waals surface area (Å²) >= 11 is 0. The van der Waals surface area contributed by atoms with E-state index in [1.807, 2.05) is 0 Å². The Morgan fingerprint density at radius 1 is 1.14 bits per heavy atom. The van der Waals surface area contributed by atoms with E-state index in [9.17, 15) is 13.6 Å². The predicted molar refractivity (Wildman–Crippen MR) is 77.6 cm³/mol. The largest absolute Gasteiger partial charge is 0.348 e. The molecule has 1 amide bonds. The molecule has 2 rings (SSSR count). The normalized spacial score (nSPS) is 11.5. The number of amides is 1. The second-order valence-electron chi connectivity index (χ2n) is 4.84. The number of nitrogens with zero attached hydrogens (tertiary/aromatic N) is 1. The van der Waals surface area contributed by atoms with E-state index in [-0.39, 0.29) is 12.2 Å². The Morgan fingerprint density at radius 3 is 2.45 bits per heavy atom. The summed E-state index contributed by atoms with van der Waals surface area (Å²) < 4.78 is 26.7. The van der Waals surface area contributed by atoms with Crippen LogP contribution < -0.4 is 5.32 Å². The zero-order valence-electron chi connectivity index (χ0n) is 11.7. The Morgan fingerprint density at radius 2 is 1.82 bits per heavy atom. The molecule has 22 heavy (non-hydrogen) atoms. The van der Waals surface area contributed by atoms with Crippen molar-refractivity contribution < 1.29 is 13.6 Å². The Kier molecular flexibility index (Phi) is 5.21. The molecule has 0 aliphatic heterocycles. The van der Waals surface area contributed by atoms with Crippen LogP contribution in [0.5, 0.6) is 0 Å². The maximum absolute atomic E-state index is 13.4. The molecule has 0 saturated carbocycles. The number of carbonyl (C=O) groups excluding carboxylic acids is 1. The molecular formula is C17H14F2N2O. The van der Waals surface area contributed by atoms with Crippen molar-refractivity contribution in [3.63, 3.8) is 0 Å². The minimum atomic E-state index is -0.529. The lowest BCUT2D eigenvalue weighted by Gasteiger charge is -2.19. The van der Waals surface area contributed by atoms with E-state index in [4.69, 9.17) is 5.26 Å². The molecule has 3 nitrogen and oxygen atoms in total. The molecule has 5 heteroatoms. The number of hydrogen-bond acceptors (Lipinski definition) is 2. The quantitative estimate of drug-likeness (QED) is 0.921. The Labute approximate surface area is 127 Å². The fourth-order valence-corrected chi connectivity index (χ4v) is 2.19. The third-order valence-corrected chi connectivity index (χ3v) is 3.15. The van der Waals surface area contributed by atoms with Crippen LogP contribution in [0.25, 0.3) is 0 Å². The molecule has 112 valence electrons. The highest BCUT2D eigenvalue weighted by Gasteiger charge is 2.16. The monoisotopic (exact) mass is 300 g/mol. The number of carbonyl (C=O) groups is 1. The average molecular weight is 300 g/mol. The summed E-state index contributed by atoms with van der Waals surface area (Å²) in [5.41, 5.74) is 1.24. The SMILES string of the molecule is N#CCC(=O)N[C@@H](Cc1cccc(F)c1)c1cccc(F)c1. The van der Waals surface area contributed by atoms with Crippen LogP contribution in [-0.2, 0) is 11.2 Å². The third kappa shape index (κ3) is 4.38. The van der Waals surface area contributed by atoms with Crippen molar-refractivity contribution in [2.75, 3.05) is 0 Å². The van der Waals surface area contributed by atoms with Gasteiger partial charge >= 0.3 is 0 Å². The lowest BCUT2D eigenvalue weighted by atomic mass is 9.98. The van der Waals surface area contributed by atoms with Gasteiger partial charge < -0.3 is 5.32 Å². The van der Waals surface area contributed by atoms with Crippen LogP contribution in [0.2, 0.25) is 0 Å². The first-order valence-electron chi connectivity index (χ1n) is 6.74. The highest BCUT2D eigenvalue weighted by atomic mass is 19.1. The first kappa shape index (κ1) is 15.6. The summed E-state index contributed by atoms with van der Waals surface area (Å²) in [5.74, 6) is -1.25. The molecule has 1 atom stereocenters. The van der Waals surface area contributed by atoms with Crippen molar-refractivity contribution in [1.29, 1.82) is 5.26 Å². The first-order valence-corrected chi connectivity index (χ1v) is 6.74. The number of rotatable bonds is 5. The highest BCUT2D eigenvalue weighted by Crippen LogP contribution is 2.20. The smallest absolute Gasteiger partial charge is 0.234 e. The average Bonchev–Trinajstić information content (AvgIpc) is 2.47. The first-order chi connectivity index (χ1) is 10.6. The van der Waals surface area contributed by atoms with E-state index in [0.717, 1.165) is 0 Å². The van der Waals surface area contributed by atoms with Crippen molar-refractivity contribution in [2.24, 2.45) is 0 Å². The molecule has 0 fully saturated rings. The topological polar surface area (TPSA) is 52.9 Å². The van der Waals surface area contributed by atoms with Gasteiger partial charge in [0.1, 0.15) is 18.1 Å². The zero-order chi connectivity index (χ0) is 15.9. The summed E-state index contributed by atoms with van der Waals surface area (Å²) in [7, 11) is 0. The Bertz CT molecular complexity index is 710. The van der Waals surface area contributed by atoms with Crippen molar-refractivity contribution in [3.05, 3.63) is 71.3 Å². The summed E-state index contributed by atoms with van der Waals surface area (Å²) in [4.78, 5) is 11.7. The van der Waals surface area contributed by atoms with Crippen LogP contribution in [0.15, 0.2) is 48.5 Å². The van der Waals surface area contributed by atoms with E-state index in [1.54, 1.807) is 30.3 Å². The van der Waals surface area contributed by atoms with Gasteiger partial charge in [0, 0.05) is 0 Å². The van der Waals surface area contributed by atoms with Gasteiger partial charge in [0.15, 0.2) is 0 Å². The van der Waals surface area contributed by atoms with Crippen LogP contribution in [0.3, 0.4) is 0 Å². The zero-order valence-corrected chi connectivity index (χ0v) is 11.7. The summed E-state index contributed by atoms with van der Waals surface area (Å²) in [5, 5.41) is 11.2. The standard InChI is InChI=1S/C17H14F2N2O/c18-14-5-1-3-12(9-14)10-16(21-17(22)7-8-20)13-4-2-6-15(19)11-13/h1-6,9,11,16H,7,10H2,(H,21,22)/t16-/m0/s1. The van der Waals surface area contributed by atoms with Gasteiger partial charge in [0.25, 0.3) is 0 Å². The maximum atomic E-state index is 13.4. The van der Waals surface area contributed by atoms with Crippen LogP contribution in [0.1, 0.15) is 23.6 Å². The minimum absolute atomic E-state index is 0.283. The third-order valence-electron chi connectivity index (χ3n) is 3.15. The van der Waals surface area contributed by atoms with Gasteiger partial charge in [-0.05, 0) is 41.8 Å². The van der Waals surface area contributed by atoms with Crippen LogP contribution >= 0.6 is 0 Å². The van der Waals surface area contributed by atoms with Gasteiger partial charge in [-0.15, -0.1) is 0 Å². The van der Waals surface area contributed by atoms with Gasteiger partial charge in [-0.25, -0.2) is 8.78 Å². The Hall–Kier alpha value is -2.74. The summed E-state index contributed by atoms with van der Waals surface area (Å²) in [6.45, 7) is 0. The molecule has 0 aliphatic rings. The molecule has 0 radical (unpaired) electrons. The predicted octanol–water partition coefficient (Wildman–Crippen LogP) is 3.28. The van der Waals surface area contributed by atoms with E-state index >= 15 is 0 Å². The number of nitrogens with one attached hydrogen (secondary N) is 1. The van der Waals surface area contributed by atoms with Crippen LogP contribution in [-0.4, -0.2) is 5.91 Å². The Balaban J connectivity index is 2.25. The molecule has 0 bridgehead atoms. The van der Waals surface area contributed by atoms with E-state index < -0.39 is 17.8 Å². The van der Waals surface area contributed by atoms with E-state index in [1.165, 1.54) is 24.3 Å². The molecule has 0 spiro atoms. The highest BCUT2D eigenvalue weighted by molar-refractivity contribution is 5.78. The van der Waals surface area contributed by atoms with Crippen LogP contribution in [0, 0.1) is 23.0 Å². The van der Waals surface area contributed by atoms with Crippen LogP contribution in [0.4, 0.5) is 8.78 Å². The van der Waals surface area contributed by atoms with Gasteiger partial charge in [-0.2, -0.15) is 5.26 Å². The number of halogens is 2. The van der Waals surface area contributed by atoms with E-state index in [2.05, 4.69) is 5.32 Å². The minimum Gasteiger partial charge on any atom is -0.348 e.